The first-order valence-electron chi connectivity index (χ1n) is 10.6. The Morgan fingerprint density at radius 3 is 2.21 bits per heavy atom. The Morgan fingerprint density at radius 2 is 1.68 bits per heavy atom. The van der Waals surface area contributed by atoms with Crippen LogP contribution in [0.1, 0.15) is 53.4 Å². The zero-order chi connectivity index (χ0) is 19.8. The van der Waals surface area contributed by atoms with Crippen LogP contribution >= 0.6 is 12.0 Å². The van der Waals surface area contributed by atoms with Crippen molar-refractivity contribution >= 4 is 17.7 Å². The summed E-state index contributed by atoms with van der Waals surface area (Å²) in [6, 6.07) is 4.84. The van der Waals surface area contributed by atoms with Gasteiger partial charge in [-0.25, -0.2) is 4.39 Å². The van der Waals surface area contributed by atoms with Crippen LogP contribution in [0.2, 0.25) is 0 Å². The Hall–Kier alpha value is -0.820. The first-order valence-corrected chi connectivity index (χ1v) is 11.4. The van der Waals surface area contributed by atoms with E-state index in [1.54, 1.807) is 12.1 Å². The van der Waals surface area contributed by atoms with E-state index in [1.165, 1.54) is 38.5 Å². The van der Waals surface area contributed by atoms with Crippen LogP contribution in [0.5, 0.6) is 0 Å². The van der Waals surface area contributed by atoms with Crippen LogP contribution in [0.4, 0.5) is 10.1 Å². The molecule has 2 heterocycles. The summed E-state index contributed by atoms with van der Waals surface area (Å²) < 4.78 is 23.3. The van der Waals surface area contributed by atoms with E-state index in [4.69, 9.17) is 0 Å². The largest absolute Gasteiger partial charge is 0.412 e. The summed E-state index contributed by atoms with van der Waals surface area (Å²) in [5, 5.41) is 0. The molecule has 3 N–H and O–H groups in total. The summed E-state index contributed by atoms with van der Waals surface area (Å²) in [5.74, 6) is 2.25. The predicted molar refractivity (Wildman–Crippen MR) is 119 cm³/mol. The van der Waals surface area contributed by atoms with Gasteiger partial charge >= 0.3 is 0 Å². The molecule has 0 atom stereocenters. The molecular formula is C22H39FN2O2S. The van der Waals surface area contributed by atoms with Crippen LogP contribution in [0.25, 0.3) is 0 Å². The average molecular weight is 415 g/mol. The van der Waals surface area contributed by atoms with Gasteiger partial charge in [-0.15, -0.1) is 0 Å². The number of piperidine rings is 2. The van der Waals surface area contributed by atoms with Crippen molar-refractivity contribution in [1.82, 2.24) is 4.90 Å². The second kappa shape index (κ2) is 12.7. The fraction of sp³-hybridized carbons (Fsp3) is 0.727. The first-order chi connectivity index (χ1) is 13.1. The van der Waals surface area contributed by atoms with Crippen LogP contribution in [0, 0.1) is 23.6 Å². The van der Waals surface area contributed by atoms with Crippen molar-refractivity contribution in [2.45, 2.75) is 58.3 Å². The SMILES string of the molecule is CC.CC(C)C1CCN(CC2CCN(c3cc(SO)ccc3F)CC2)CC1.O. The van der Waals surface area contributed by atoms with E-state index in [2.05, 4.69) is 23.6 Å². The van der Waals surface area contributed by atoms with Crippen molar-refractivity contribution < 1.29 is 14.4 Å². The molecule has 1 aromatic carbocycles. The minimum atomic E-state index is -0.188. The molecule has 6 heteroatoms. The number of halogens is 1. The van der Waals surface area contributed by atoms with Gasteiger partial charge in [0.25, 0.3) is 0 Å². The van der Waals surface area contributed by atoms with Crippen LogP contribution in [-0.4, -0.2) is 47.7 Å². The molecule has 0 amide bonds. The molecule has 0 aromatic heterocycles. The van der Waals surface area contributed by atoms with Gasteiger partial charge < -0.3 is 19.8 Å². The number of rotatable bonds is 5. The molecule has 0 bridgehead atoms. The minimum Gasteiger partial charge on any atom is -0.412 e. The van der Waals surface area contributed by atoms with Gasteiger partial charge in [0.2, 0.25) is 0 Å². The molecule has 162 valence electrons. The molecule has 1 aromatic rings. The molecule has 28 heavy (non-hydrogen) atoms. The van der Waals surface area contributed by atoms with Gasteiger partial charge in [0, 0.05) is 36.6 Å². The predicted octanol–water partition coefficient (Wildman–Crippen LogP) is 5.18. The summed E-state index contributed by atoms with van der Waals surface area (Å²) in [5.41, 5.74) is 0.634. The molecule has 0 unspecified atom stereocenters. The second-order valence-electron chi connectivity index (χ2n) is 8.02. The summed E-state index contributed by atoms with van der Waals surface area (Å²) in [6.45, 7) is 14.2. The first kappa shape index (κ1) is 25.2. The second-order valence-corrected chi connectivity index (χ2v) is 8.67. The highest BCUT2D eigenvalue weighted by Crippen LogP contribution is 2.30. The van der Waals surface area contributed by atoms with Gasteiger partial charge in [-0.1, -0.05) is 27.7 Å². The maximum atomic E-state index is 14.1. The molecule has 0 radical (unpaired) electrons. The molecule has 4 nitrogen and oxygen atoms in total. The number of hydrogen-bond donors (Lipinski definition) is 1. The van der Waals surface area contributed by atoms with Crippen LogP contribution in [-0.2, 0) is 0 Å². The van der Waals surface area contributed by atoms with E-state index in [-0.39, 0.29) is 11.3 Å². The maximum absolute atomic E-state index is 14.1. The van der Waals surface area contributed by atoms with Crippen LogP contribution in [0.15, 0.2) is 23.1 Å². The standard InChI is InChI=1S/C20H31FN2OS.C2H6.H2O/c1-15(2)17-7-9-22(10-8-17)14-16-5-11-23(12-6-16)20-13-18(25-24)3-4-19(20)21;1-2;/h3-4,13,15-17,24H,5-12,14H2,1-2H3;1-2H3;1H2. The van der Waals surface area contributed by atoms with Crippen molar-refractivity contribution in [3.8, 4) is 0 Å². The Morgan fingerprint density at radius 1 is 1.07 bits per heavy atom. The van der Waals surface area contributed by atoms with E-state index < -0.39 is 0 Å². The highest BCUT2D eigenvalue weighted by molar-refractivity contribution is 7.93. The van der Waals surface area contributed by atoms with Crippen molar-refractivity contribution in [2.24, 2.45) is 17.8 Å². The zero-order valence-corrected chi connectivity index (χ0v) is 18.8. The fourth-order valence-corrected chi connectivity index (χ4v) is 4.61. The Bertz CT molecular complexity index is 557. The maximum Gasteiger partial charge on any atom is 0.146 e. The monoisotopic (exact) mass is 414 g/mol. The zero-order valence-electron chi connectivity index (χ0n) is 18.0. The molecule has 0 aliphatic carbocycles. The average Bonchev–Trinajstić information content (AvgIpc) is 2.71. The summed E-state index contributed by atoms with van der Waals surface area (Å²) in [4.78, 5) is 5.48. The highest BCUT2D eigenvalue weighted by atomic mass is 32.2. The minimum absolute atomic E-state index is 0. The number of benzene rings is 1. The summed E-state index contributed by atoms with van der Waals surface area (Å²) in [7, 11) is 0. The molecule has 2 saturated heterocycles. The summed E-state index contributed by atoms with van der Waals surface area (Å²) in [6.07, 6.45) is 4.93. The fourth-order valence-electron chi connectivity index (χ4n) is 4.32. The smallest absolute Gasteiger partial charge is 0.146 e. The number of nitrogens with zero attached hydrogens (tertiary/aromatic N) is 2. The van der Waals surface area contributed by atoms with E-state index in [0.29, 0.717) is 22.6 Å². The van der Waals surface area contributed by atoms with Gasteiger partial charge in [-0.2, -0.15) is 0 Å². The van der Waals surface area contributed by atoms with E-state index in [1.807, 2.05) is 13.8 Å². The molecular weight excluding hydrogens is 375 g/mol. The number of likely N-dealkylation sites (tertiary alicyclic amines) is 1. The van der Waals surface area contributed by atoms with Crippen molar-refractivity contribution in [2.75, 3.05) is 37.6 Å². The molecule has 0 spiro atoms. The third kappa shape index (κ3) is 6.90. The van der Waals surface area contributed by atoms with Crippen LogP contribution < -0.4 is 4.90 Å². The van der Waals surface area contributed by atoms with E-state index in [9.17, 15) is 8.94 Å². The lowest BCUT2D eigenvalue weighted by molar-refractivity contribution is 0.132. The topological polar surface area (TPSA) is 58.2 Å². The lowest BCUT2D eigenvalue weighted by Gasteiger charge is -2.39. The third-order valence-electron chi connectivity index (χ3n) is 6.07. The normalized spacial score (nSPS) is 19.2. The van der Waals surface area contributed by atoms with Gasteiger partial charge in [-0.05, 0) is 74.7 Å². The molecule has 2 fully saturated rings. The number of hydrogen-bond acceptors (Lipinski definition) is 4. The van der Waals surface area contributed by atoms with Crippen molar-refractivity contribution in [3.05, 3.63) is 24.0 Å². The molecule has 2 aliphatic rings. The lowest BCUT2D eigenvalue weighted by atomic mass is 9.86. The molecule has 0 saturated carbocycles. The Labute approximate surface area is 175 Å². The van der Waals surface area contributed by atoms with Gasteiger partial charge in [0.15, 0.2) is 0 Å². The van der Waals surface area contributed by atoms with Gasteiger partial charge in [0.05, 0.1) is 5.69 Å². The van der Waals surface area contributed by atoms with Gasteiger partial charge in [0.1, 0.15) is 5.82 Å². The summed E-state index contributed by atoms with van der Waals surface area (Å²) >= 11 is 0.682. The molecule has 2 aliphatic heterocycles. The quantitative estimate of drug-likeness (QED) is 0.675. The van der Waals surface area contributed by atoms with E-state index in [0.717, 1.165) is 43.7 Å². The Balaban J connectivity index is 0.00000127. The number of anilines is 1. The third-order valence-corrected chi connectivity index (χ3v) is 6.53. The van der Waals surface area contributed by atoms with Crippen molar-refractivity contribution in [3.63, 3.8) is 0 Å². The van der Waals surface area contributed by atoms with Crippen molar-refractivity contribution in [1.29, 1.82) is 0 Å². The van der Waals surface area contributed by atoms with Crippen LogP contribution in [0.3, 0.4) is 0 Å². The molecule has 3 rings (SSSR count). The van der Waals surface area contributed by atoms with E-state index >= 15 is 0 Å². The van der Waals surface area contributed by atoms with Gasteiger partial charge in [-0.3, -0.25) is 0 Å². The lowest BCUT2D eigenvalue weighted by Crippen LogP contribution is -2.42. The highest BCUT2D eigenvalue weighted by Gasteiger charge is 2.26. The Kier molecular flexibility index (Phi) is 11.4.